The van der Waals surface area contributed by atoms with Crippen molar-refractivity contribution in [2.24, 2.45) is 0 Å². The molecule has 6 rings (SSSR count). The monoisotopic (exact) mass is 536 g/mol. The first-order valence-corrected chi connectivity index (χ1v) is 12.8. The first-order chi connectivity index (χ1) is 18.5. The molecule has 2 N–H and O–H groups in total. The summed E-state index contributed by atoms with van der Waals surface area (Å²) in [7, 11) is 0. The van der Waals surface area contributed by atoms with Gasteiger partial charge in [-0.05, 0) is 24.3 Å². The Morgan fingerprint density at radius 1 is 0.500 bits per heavy atom. The maximum absolute atomic E-state index is 10.2. The normalized spacial score (nSPS) is 9.21. The summed E-state index contributed by atoms with van der Waals surface area (Å²) in [6.07, 6.45) is 0. The van der Waals surface area contributed by atoms with E-state index in [9.17, 15) is 9.59 Å². The van der Waals surface area contributed by atoms with Gasteiger partial charge in [-0.15, -0.1) is 59.3 Å². The third-order valence-electron chi connectivity index (χ3n) is 5.14. The molecule has 0 aliphatic heterocycles. The average Bonchev–Trinajstić information content (AvgIpc) is 3.66. The van der Waals surface area contributed by atoms with E-state index in [4.69, 9.17) is 10.2 Å². The summed E-state index contributed by atoms with van der Waals surface area (Å²) in [6, 6.07) is 45.9. The van der Waals surface area contributed by atoms with E-state index in [1.807, 2.05) is 0 Å². The SMILES string of the molecule is O=C(O)c1ccccc1.O=C(O)c1ccccc1.[CH2]=[Ti+2].c1ccc2[cH-]ccc2c1.c1ccc2[cH-]ccc2c1. The van der Waals surface area contributed by atoms with Gasteiger partial charge in [0.25, 0.3) is 0 Å². The van der Waals surface area contributed by atoms with Crippen LogP contribution in [0.5, 0.6) is 0 Å². The van der Waals surface area contributed by atoms with Gasteiger partial charge in [0.1, 0.15) is 0 Å². The largest absolute Gasteiger partial charge is 0.168 e. The van der Waals surface area contributed by atoms with Crippen molar-refractivity contribution in [3.05, 3.63) is 157 Å². The molecule has 0 aromatic heterocycles. The van der Waals surface area contributed by atoms with E-state index < -0.39 is 11.9 Å². The molecule has 0 heterocycles. The first-order valence-electron chi connectivity index (χ1n) is 11.7. The standard InChI is InChI=1S/2C9H7.2C7H6O2.CH2.Ti/c2*1-2-5-9-7-3-6-8(9)4-1;2*8-7(9)6-4-2-1-3-5-6;;/h2*1-7H;2*1-5H,(H,8,9);1H2;/q2*-1;;;;+2. The van der Waals surface area contributed by atoms with Crippen LogP contribution in [0.1, 0.15) is 20.7 Å². The molecule has 0 amide bonds. The molecule has 0 saturated heterocycles. The van der Waals surface area contributed by atoms with E-state index in [2.05, 4.69) is 89.7 Å². The maximum Gasteiger partial charge on any atom is -0.0809 e. The van der Waals surface area contributed by atoms with Gasteiger partial charge in [0.15, 0.2) is 0 Å². The van der Waals surface area contributed by atoms with Crippen molar-refractivity contribution in [2.45, 2.75) is 0 Å². The predicted molar refractivity (Wildman–Crippen MR) is 153 cm³/mol. The molecule has 0 aliphatic carbocycles. The number of hydrogen-bond donors (Lipinski definition) is 2. The van der Waals surface area contributed by atoms with Crippen molar-refractivity contribution in [1.82, 2.24) is 0 Å². The second kappa shape index (κ2) is 17.1. The van der Waals surface area contributed by atoms with Crippen molar-refractivity contribution >= 4 is 38.3 Å². The summed E-state index contributed by atoms with van der Waals surface area (Å²) in [6.45, 7) is 0. The summed E-state index contributed by atoms with van der Waals surface area (Å²) in [5.74, 6) is -1.76. The third-order valence-corrected chi connectivity index (χ3v) is 5.14. The van der Waals surface area contributed by atoms with Crippen molar-refractivity contribution in [1.29, 1.82) is 0 Å². The summed E-state index contributed by atoms with van der Waals surface area (Å²) in [4.78, 5) is 23.7. The minimum absolute atomic E-state index is 0.331. The van der Waals surface area contributed by atoms with Gasteiger partial charge in [0.05, 0.1) is 11.1 Å². The molecule has 38 heavy (non-hydrogen) atoms. The summed E-state index contributed by atoms with van der Waals surface area (Å²) in [5.41, 5.74) is 0.662. The fourth-order valence-corrected chi connectivity index (χ4v) is 3.30. The Bertz CT molecular complexity index is 1330. The molecular weight excluding hydrogens is 508 g/mol. The molecule has 0 bridgehead atoms. The van der Waals surface area contributed by atoms with Gasteiger partial charge in [0, 0.05) is 0 Å². The van der Waals surface area contributed by atoms with Crippen LogP contribution in [0.2, 0.25) is 0 Å². The molecule has 4 nitrogen and oxygen atoms in total. The number of carboxylic acid groups (broad SMARTS) is 2. The molecular formula is C33H28O4Ti. The van der Waals surface area contributed by atoms with Crippen molar-refractivity contribution < 1.29 is 39.8 Å². The molecule has 6 aromatic rings. The zero-order valence-electron chi connectivity index (χ0n) is 20.8. The summed E-state index contributed by atoms with van der Waals surface area (Å²) >= 11 is 1.75. The van der Waals surface area contributed by atoms with Crippen molar-refractivity contribution in [3.63, 3.8) is 0 Å². The van der Waals surface area contributed by atoms with Crippen molar-refractivity contribution in [2.75, 3.05) is 0 Å². The zero-order chi connectivity index (χ0) is 27.6. The van der Waals surface area contributed by atoms with Crippen LogP contribution in [0.4, 0.5) is 0 Å². The Labute approximate surface area is 234 Å². The Hall–Kier alpha value is -4.38. The second-order valence-corrected chi connectivity index (χ2v) is 7.65. The molecule has 0 saturated carbocycles. The summed E-state index contributed by atoms with van der Waals surface area (Å²) < 4.78 is 0. The van der Waals surface area contributed by atoms with Crippen LogP contribution >= 0.6 is 0 Å². The fourth-order valence-electron chi connectivity index (χ4n) is 3.30. The van der Waals surface area contributed by atoms with Crippen LogP contribution in [0.3, 0.4) is 0 Å². The van der Waals surface area contributed by atoms with E-state index in [-0.39, 0.29) is 0 Å². The van der Waals surface area contributed by atoms with Crippen LogP contribution < -0.4 is 0 Å². The predicted octanol–water partition coefficient (Wildman–Crippen LogP) is 7.85. The van der Waals surface area contributed by atoms with E-state index in [1.54, 1.807) is 80.6 Å². The van der Waals surface area contributed by atoms with Gasteiger partial charge in [-0.3, -0.25) is 0 Å². The van der Waals surface area contributed by atoms with Crippen LogP contribution in [0, 0.1) is 0 Å². The minimum atomic E-state index is -0.879. The second-order valence-electron chi connectivity index (χ2n) is 7.65. The first kappa shape index (κ1) is 29.9. The summed E-state index contributed by atoms with van der Waals surface area (Å²) in [5, 5.41) is 22.1. The van der Waals surface area contributed by atoms with Gasteiger partial charge < -0.3 is 10.2 Å². The molecule has 0 aliphatic rings. The number of rotatable bonds is 2. The van der Waals surface area contributed by atoms with Crippen LogP contribution in [-0.4, -0.2) is 27.0 Å². The van der Waals surface area contributed by atoms with Gasteiger partial charge in [-0.2, -0.15) is 35.0 Å². The van der Waals surface area contributed by atoms with Crippen LogP contribution in [0.25, 0.3) is 21.5 Å². The van der Waals surface area contributed by atoms with Gasteiger partial charge in [-0.25, -0.2) is 9.59 Å². The minimum Gasteiger partial charge on any atom is -0.168 e. The number of aromatic carboxylic acids is 2. The van der Waals surface area contributed by atoms with Crippen molar-refractivity contribution in [3.8, 4) is 0 Å². The molecule has 0 spiro atoms. The van der Waals surface area contributed by atoms with Gasteiger partial charge in [-0.1, -0.05) is 48.5 Å². The number of fused-ring (bicyclic) bond motifs is 2. The fraction of sp³-hybridized carbons (Fsp3) is 0. The Morgan fingerprint density at radius 3 is 1.11 bits per heavy atom. The van der Waals surface area contributed by atoms with E-state index >= 15 is 0 Å². The number of carbonyl (C=O) groups is 2. The smallest absolute Gasteiger partial charge is 0.0809 e. The number of carboxylic acids is 2. The number of hydrogen-bond acceptors (Lipinski definition) is 2. The molecule has 188 valence electrons. The average molecular weight is 536 g/mol. The molecule has 0 unspecified atom stereocenters. The topological polar surface area (TPSA) is 74.6 Å². The molecule has 0 radical (unpaired) electrons. The molecule has 0 atom stereocenters. The number of benzene rings is 4. The molecule has 0 fully saturated rings. The Morgan fingerprint density at radius 2 is 0.816 bits per heavy atom. The van der Waals surface area contributed by atoms with Gasteiger partial charge >= 0.3 is 36.7 Å². The molecule has 5 heteroatoms. The Kier molecular flexibility index (Phi) is 13.5. The van der Waals surface area contributed by atoms with E-state index in [0.29, 0.717) is 11.1 Å². The third kappa shape index (κ3) is 10.3. The van der Waals surface area contributed by atoms with E-state index in [0.717, 1.165) is 0 Å². The maximum atomic E-state index is 10.2. The van der Waals surface area contributed by atoms with E-state index in [1.165, 1.54) is 21.5 Å². The van der Waals surface area contributed by atoms with Gasteiger partial charge in [0.2, 0.25) is 0 Å². The zero-order valence-corrected chi connectivity index (χ0v) is 22.3. The van der Waals surface area contributed by atoms with Crippen LogP contribution in [-0.2, 0) is 20.0 Å². The quantitative estimate of drug-likeness (QED) is 0.175. The van der Waals surface area contributed by atoms with Crippen LogP contribution in [0.15, 0.2) is 146 Å². The molecule has 6 aromatic carbocycles. The Balaban J connectivity index is 0.000000174.